The van der Waals surface area contributed by atoms with Gasteiger partial charge in [-0.3, -0.25) is 4.79 Å². The van der Waals surface area contributed by atoms with Crippen LogP contribution in [0.15, 0.2) is 6.07 Å². The van der Waals surface area contributed by atoms with Crippen molar-refractivity contribution in [3.63, 3.8) is 0 Å². The Morgan fingerprint density at radius 1 is 1.33 bits per heavy atom. The van der Waals surface area contributed by atoms with E-state index in [1.807, 2.05) is 21.0 Å². The average molecular weight is 295 g/mol. The number of hydrogen-bond acceptors (Lipinski definition) is 6. The summed E-state index contributed by atoms with van der Waals surface area (Å²) in [6.45, 7) is 4.64. The number of amides is 1. The zero-order valence-corrected chi connectivity index (χ0v) is 13.3. The lowest BCUT2D eigenvalue weighted by Gasteiger charge is -2.11. The molecule has 0 aliphatic carbocycles. The van der Waals surface area contributed by atoms with Gasteiger partial charge < -0.3 is 20.3 Å². The lowest BCUT2D eigenvalue weighted by molar-refractivity contribution is 0.0943. The number of anilines is 1. The number of rotatable bonds is 9. The molecule has 0 saturated heterocycles. The Labute approximate surface area is 126 Å². The molecule has 118 valence electrons. The van der Waals surface area contributed by atoms with Crippen molar-refractivity contribution in [3.8, 4) is 0 Å². The van der Waals surface area contributed by atoms with Gasteiger partial charge in [-0.1, -0.05) is 0 Å². The maximum absolute atomic E-state index is 12.0. The van der Waals surface area contributed by atoms with E-state index in [1.54, 1.807) is 13.2 Å². The van der Waals surface area contributed by atoms with Crippen LogP contribution in [0.2, 0.25) is 0 Å². The van der Waals surface area contributed by atoms with Crippen molar-refractivity contribution in [1.29, 1.82) is 0 Å². The molecule has 1 rings (SSSR count). The van der Waals surface area contributed by atoms with Crippen molar-refractivity contribution < 1.29 is 9.53 Å². The fourth-order valence-electron chi connectivity index (χ4n) is 1.66. The van der Waals surface area contributed by atoms with Gasteiger partial charge in [-0.2, -0.15) is 0 Å². The fourth-order valence-corrected chi connectivity index (χ4v) is 1.66. The van der Waals surface area contributed by atoms with E-state index < -0.39 is 0 Å². The van der Waals surface area contributed by atoms with Gasteiger partial charge in [0.25, 0.3) is 5.91 Å². The topological polar surface area (TPSA) is 79.4 Å². The van der Waals surface area contributed by atoms with Gasteiger partial charge in [-0.15, -0.1) is 0 Å². The molecule has 0 fully saturated rings. The predicted octanol–water partition coefficient (Wildman–Crippen LogP) is 0.525. The second-order valence-electron chi connectivity index (χ2n) is 5.05. The van der Waals surface area contributed by atoms with Gasteiger partial charge in [0.2, 0.25) is 5.95 Å². The van der Waals surface area contributed by atoms with E-state index in [4.69, 9.17) is 4.74 Å². The summed E-state index contributed by atoms with van der Waals surface area (Å²) in [6.07, 6.45) is 0.778. The molecule has 0 aliphatic heterocycles. The molecule has 0 atom stereocenters. The summed E-state index contributed by atoms with van der Waals surface area (Å²) in [5.41, 5.74) is 1.15. The van der Waals surface area contributed by atoms with E-state index in [9.17, 15) is 4.79 Å². The van der Waals surface area contributed by atoms with Gasteiger partial charge in [0.1, 0.15) is 5.69 Å². The maximum atomic E-state index is 12.0. The van der Waals surface area contributed by atoms with Gasteiger partial charge in [-0.25, -0.2) is 9.97 Å². The number of hydrogen-bond donors (Lipinski definition) is 2. The minimum absolute atomic E-state index is 0.188. The monoisotopic (exact) mass is 295 g/mol. The number of nitrogens with one attached hydrogen (secondary N) is 2. The largest absolute Gasteiger partial charge is 0.385 e. The SMILES string of the molecule is COCCCNC(=O)c1cc(C)nc(NCCN(C)C)n1. The Morgan fingerprint density at radius 2 is 2.10 bits per heavy atom. The van der Waals surface area contributed by atoms with Crippen molar-refractivity contribution in [3.05, 3.63) is 17.5 Å². The molecular formula is C14H25N5O2. The van der Waals surface area contributed by atoms with E-state index in [0.29, 0.717) is 24.8 Å². The molecule has 0 unspecified atom stereocenters. The zero-order valence-electron chi connectivity index (χ0n) is 13.3. The second kappa shape index (κ2) is 9.25. The van der Waals surface area contributed by atoms with E-state index in [-0.39, 0.29) is 5.91 Å². The Bertz CT molecular complexity index is 451. The third kappa shape index (κ3) is 7.01. The summed E-state index contributed by atoms with van der Waals surface area (Å²) in [5.74, 6) is 0.297. The van der Waals surface area contributed by atoms with Gasteiger partial charge in [0.05, 0.1) is 0 Å². The molecule has 7 nitrogen and oxygen atoms in total. The molecule has 1 heterocycles. The number of methoxy groups -OCH3 is 1. The minimum Gasteiger partial charge on any atom is -0.385 e. The molecule has 0 spiro atoms. The van der Waals surface area contributed by atoms with Gasteiger partial charge in [-0.05, 0) is 33.5 Å². The number of ether oxygens (including phenoxy) is 1. The Hall–Kier alpha value is -1.73. The summed E-state index contributed by atoms with van der Waals surface area (Å²) in [5, 5.41) is 5.94. The first-order valence-corrected chi connectivity index (χ1v) is 7.04. The molecule has 0 aliphatic rings. The standard InChI is InChI=1S/C14H25N5O2/c1-11-10-12(13(20)15-6-5-9-21-4)18-14(17-11)16-7-8-19(2)3/h10H,5-9H2,1-4H3,(H,15,20)(H,16,17,18). The van der Waals surface area contributed by atoms with E-state index in [1.165, 1.54) is 0 Å². The molecule has 1 aromatic heterocycles. The smallest absolute Gasteiger partial charge is 0.270 e. The molecule has 21 heavy (non-hydrogen) atoms. The normalized spacial score (nSPS) is 10.7. The molecule has 1 amide bonds. The maximum Gasteiger partial charge on any atom is 0.270 e. The Balaban J connectivity index is 2.57. The molecule has 0 bridgehead atoms. The van der Waals surface area contributed by atoms with Gasteiger partial charge in [0, 0.05) is 39.0 Å². The highest BCUT2D eigenvalue weighted by molar-refractivity contribution is 5.92. The van der Waals surface area contributed by atoms with Crippen molar-refractivity contribution in [2.45, 2.75) is 13.3 Å². The zero-order chi connectivity index (χ0) is 15.7. The average Bonchev–Trinajstić information content (AvgIpc) is 2.42. The number of aryl methyl sites for hydroxylation is 1. The van der Waals surface area contributed by atoms with Crippen molar-refractivity contribution in [2.75, 3.05) is 52.8 Å². The highest BCUT2D eigenvalue weighted by atomic mass is 16.5. The lowest BCUT2D eigenvalue weighted by Crippen LogP contribution is -2.27. The summed E-state index contributed by atoms with van der Waals surface area (Å²) >= 11 is 0. The van der Waals surface area contributed by atoms with Crippen LogP contribution in [0.25, 0.3) is 0 Å². The van der Waals surface area contributed by atoms with Crippen LogP contribution in [0.5, 0.6) is 0 Å². The molecule has 0 aromatic carbocycles. The molecule has 7 heteroatoms. The van der Waals surface area contributed by atoms with E-state index >= 15 is 0 Å². The first-order valence-electron chi connectivity index (χ1n) is 7.04. The molecule has 0 saturated carbocycles. The number of carbonyl (C=O) groups excluding carboxylic acids is 1. The van der Waals surface area contributed by atoms with Crippen LogP contribution in [0.4, 0.5) is 5.95 Å². The van der Waals surface area contributed by atoms with Crippen molar-refractivity contribution in [1.82, 2.24) is 20.2 Å². The van der Waals surface area contributed by atoms with Crippen LogP contribution >= 0.6 is 0 Å². The number of nitrogens with zero attached hydrogens (tertiary/aromatic N) is 3. The number of aromatic nitrogens is 2. The third-order valence-electron chi connectivity index (χ3n) is 2.74. The van der Waals surface area contributed by atoms with Crippen LogP contribution in [0.3, 0.4) is 0 Å². The first-order chi connectivity index (χ1) is 10.0. The number of likely N-dealkylation sites (N-methyl/N-ethyl adjacent to an activating group) is 1. The summed E-state index contributed by atoms with van der Waals surface area (Å²) < 4.78 is 4.94. The minimum atomic E-state index is -0.188. The van der Waals surface area contributed by atoms with Crippen molar-refractivity contribution >= 4 is 11.9 Å². The van der Waals surface area contributed by atoms with Crippen LogP contribution in [0.1, 0.15) is 22.6 Å². The number of carbonyl (C=O) groups is 1. The van der Waals surface area contributed by atoms with Gasteiger partial charge in [0.15, 0.2) is 0 Å². The van der Waals surface area contributed by atoms with E-state index in [0.717, 1.165) is 25.2 Å². The summed E-state index contributed by atoms with van der Waals surface area (Å²) in [6, 6.07) is 1.68. The molecule has 2 N–H and O–H groups in total. The van der Waals surface area contributed by atoms with Crippen LogP contribution in [-0.4, -0.2) is 68.2 Å². The molecule has 1 aromatic rings. The summed E-state index contributed by atoms with van der Waals surface area (Å²) in [7, 11) is 5.64. The second-order valence-corrected chi connectivity index (χ2v) is 5.05. The lowest BCUT2D eigenvalue weighted by atomic mass is 10.3. The molecular weight excluding hydrogens is 270 g/mol. The fraction of sp³-hybridized carbons (Fsp3) is 0.643. The molecule has 0 radical (unpaired) electrons. The van der Waals surface area contributed by atoms with Crippen molar-refractivity contribution in [2.24, 2.45) is 0 Å². The van der Waals surface area contributed by atoms with E-state index in [2.05, 4.69) is 25.5 Å². The highest BCUT2D eigenvalue weighted by Crippen LogP contribution is 2.04. The third-order valence-corrected chi connectivity index (χ3v) is 2.74. The Morgan fingerprint density at radius 3 is 2.76 bits per heavy atom. The van der Waals surface area contributed by atoms with Crippen LogP contribution < -0.4 is 10.6 Å². The predicted molar refractivity (Wildman–Crippen MR) is 82.6 cm³/mol. The summed E-state index contributed by atoms with van der Waals surface area (Å²) in [4.78, 5) is 22.6. The van der Waals surface area contributed by atoms with Crippen LogP contribution in [0, 0.1) is 6.92 Å². The Kier molecular flexibility index (Phi) is 7.63. The first kappa shape index (κ1) is 17.3. The van der Waals surface area contributed by atoms with Crippen LogP contribution in [-0.2, 0) is 4.74 Å². The highest BCUT2D eigenvalue weighted by Gasteiger charge is 2.10. The van der Waals surface area contributed by atoms with Gasteiger partial charge >= 0.3 is 0 Å². The quantitative estimate of drug-likeness (QED) is 0.647.